The maximum Gasteiger partial charge on any atom is 0.141 e. The van der Waals surface area contributed by atoms with E-state index in [1.54, 1.807) is 19.2 Å². The van der Waals surface area contributed by atoms with E-state index in [1.807, 2.05) is 6.92 Å². The molecule has 1 aromatic carbocycles. The van der Waals surface area contributed by atoms with Crippen molar-refractivity contribution in [2.24, 2.45) is 0 Å². The molecule has 2 nitrogen and oxygen atoms in total. The second kappa shape index (κ2) is 5.17. The van der Waals surface area contributed by atoms with Gasteiger partial charge >= 0.3 is 0 Å². The Bertz CT molecular complexity index is 306. The first-order valence-electron chi connectivity index (χ1n) is 4.34. The molecule has 1 aromatic rings. The number of anilines is 1. The van der Waals surface area contributed by atoms with Gasteiger partial charge in [0.05, 0.1) is 11.6 Å². The van der Waals surface area contributed by atoms with Crippen LogP contribution in [-0.2, 0) is 4.74 Å². The van der Waals surface area contributed by atoms with Crippen LogP contribution in [-0.4, -0.2) is 19.8 Å². The number of hydrogen-bond donors (Lipinski definition) is 1. The smallest absolute Gasteiger partial charge is 0.141 e. The van der Waals surface area contributed by atoms with Gasteiger partial charge in [-0.3, -0.25) is 0 Å². The van der Waals surface area contributed by atoms with E-state index in [0.717, 1.165) is 5.69 Å². The molecule has 4 heteroatoms. The van der Waals surface area contributed by atoms with Gasteiger partial charge in [0.15, 0.2) is 0 Å². The Kier molecular flexibility index (Phi) is 4.17. The molecule has 0 aliphatic rings. The van der Waals surface area contributed by atoms with Gasteiger partial charge in [-0.15, -0.1) is 0 Å². The Labute approximate surface area is 88.0 Å². The lowest BCUT2D eigenvalue weighted by atomic mass is 10.2. The fourth-order valence-electron chi connectivity index (χ4n) is 1.16. The van der Waals surface area contributed by atoms with Crippen LogP contribution in [0, 0.1) is 5.82 Å². The maximum absolute atomic E-state index is 12.8. The summed E-state index contributed by atoms with van der Waals surface area (Å²) in [7, 11) is 1.63. The molecule has 0 radical (unpaired) electrons. The van der Waals surface area contributed by atoms with Crippen LogP contribution >= 0.6 is 11.6 Å². The molecule has 0 heterocycles. The van der Waals surface area contributed by atoms with Gasteiger partial charge in [-0.1, -0.05) is 11.6 Å². The lowest BCUT2D eigenvalue weighted by Gasteiger charge is -2.14. The van der Waals surface area contributed by atoms with Gasteiger partial charge in [0.2, 0.25) is 0 Å². The second-order valence-electron chi connectivity index (χ2n) is 3.13. The van der Waals surface area contributed by atoms with E-state index in [1.165, 1.54) is 6.07 Å². The first-order chi connectivity index (χ1) is 6.63. The molecule has 0 bridgehead atoms. The lowest BCUT2D eigenvalue weighted by molar-refractivity contribution is 0.190. The minimum atomic E-state index is -0.406. The van der Waals surface area contributed by atoms with Crippen molar-refractivity contribution in [2.75, 3.05) is 19.0 Å². The summed E-state index contributed by atoms with van der Waals surface area (Å²) in [4.78, 5) is 0. The molecule has 1 atom stereocenters. The van der Waals surface area contributed by atoms with Gasteiger partial charge in [-0.05, 0) is 25.1 Å². The second-order valence-corrected chi connectivity index (χ2v) is 3.54. The van der Waals surface area contributed by atoms with Crippen molar-refractivity contribution in [3.05, 3.63) is 29.0 Å². The highest BCUT2D eigenvalue weighted by Gasteiger charge is 2.03. The van der Waals surface area contributed by atoms with E-state index >= 15 is 0 Å². The van der Waals surface area contributed by atoms with Gasteiger partial charge in [-0.2, -0.15) is 0 Å². The van der Waals surface area contributed by atoms with E-state index in [0.29, 0.717) is 6.61 Å². The van der Waals surface area contributed by atoms with Crippen LogP contribution in [0.2, 0.25) is 5.02 Å². The monoisotopic (exact) mass is 217 g/mol. The zero-order valence-electron chi connectivity index (χ0n) is 8.18. The van der Waals surface area contributed by atoms with E-state index in [2.05, 4.69) is 5.32 Å². The third kappa shape index (κ3) is 3.16. The molecule has 0 aliphatic heterocycles. The fourth-order valence-corrected chi connectivity index (χ4v) is 1.34. The zero-order valence-corrected chi connectivity index (χ0v) is 8.94. The maximum atomic E-state index is 12.8. The SMILES string of the molecule is COCC(C)Nc1ccc(F)c(Cl)c1. The summed E-state index contributed by atoms with van der Waals surface area (Å²) in [6, 6.07) is 4.71. The number of methoxy groups -OCH3 is 1. The topological polar surface area (TPSA) is 21.3 Å². The highest BCUT2D eigenvalue weighted by Crippen LogP contribution is 2.19. The molecule has 1 rings (SSSR count). The molecule has 0 amide bonds. The van der Waals surface area contributed by atoms with Crippen LogP contribution in [0.5, 0.6) is 0 Å². The van der Waals surface area contributed by atoms with Crippen LogP contribution in [0.3, 0.4) is 0 Å². The van der Waals surface area contributed by atoms with Crippen LogP contribution in [0.15, 0.2) is 18.2 Å². The van der Waals surface area contributed by atoms with Gasteiger partial charge in [-0.25, -0.2) is 4.39 Å². The Morgan fingerprint density at radius 1 is 1.57 bits per heavy atom. The number of hydrogen-bond acceptors (Lipinski definition) is 2. The Hall–Kier alpha value is -0.800. The largest absolute Gasteiger partial charge is 0.383 e. The van der Waals surface area contributed by atoms with E-state index < -0.39 is 5.82 Å². The van der Waals surface area contributed by atoms with Gasteiger partial charge in [0, 0.05) is 18.8 Å². The Balaban J connectivity index is 2.63. The molecule has 0 fully saturated rings. The van der Waals surface area contributed by atoms with E-state index in [9.17, 15) is 4.39 Å². The predicted octanol–water partition coefficient (Wildman–Crippen LogP) is 2.93. The first-order valence-corrected chi connectivity index (χ1v) is 4.72. The van der Waals surface area contributed by atoms with Crippen molar-refractivity contribution in [3.8, 4) is 0 Å². The van der Waals surface area contributed by atoms with Gasteiger partial charge in [0.25, 0.3) is 0 Å². The fraction of sp³-hybridized carbons (Fsp3) is 0.400. The molecule has 0 saturated carbocycles. The molecule has 1 unspecified atom stereocenters. The molecule has 0 spiro atoms. The number of ether oxygens (including phenoxy) is 1. The molecule has 14 heavy (non-hydrogen) atoms. The van der Waals surface area contributed by atoms with Crippen LogP contribution < -0.4 is 5.32 Å². The summed E-state index contributed by atoms with van der Waals surface area (Å²) < 4.78 is 17.8. The molecule has 0 aliphatic carbocycles. The average molecular weight is 218 g/mol. The first kappa shape index (κ1) is 11.3. The minimum Gasteiger partial charge on any atom is -0.383 e. The number of halogens is 2. The quantitative estimate of drug-likeness (QED) is 0.838. The number of rotatable bonds is 4. The van der Waals surface area contributed by atoms with Gasteiger partial charge in [0.1, 0.15) is 5.82 Å². The van der Waals surface area contributed by atoms with Crippen molar-refractivity contribution in [1.82, 2.24) is 0 Å². The van der Waals surface area contributed by atoms with Crippen LogP contribution in [0.4, 0.5) is 10.1 Å². The standard InChI is InChI=1S/C10H13ClFNO/c1-7(6-14-2)13-8-3-4-10(12)9(11)5-8/h3-5,7,13H,6H2,1-2H3. The van der Waals surface area contributed by atoms with E-state index in [4.69, 9.17) is 16.3 Å². The number of benzene rings is 1. The van der Waals surface area contributed by atoms with Crippen molar-refractivity contribution in [3.63, 3.8) is 0 Å². The van der Waals surface area contributed by atoms with Crippen molar-refractivity contribution in [1.29, 1.82) is 0 Å². The van der Waals surface area contributed by atoms with Crippen molar-refractivity contribution < 1.29 is 9.13 Å². The summed E-state index contributed by atoms with van der Waals surface area (Å²) in [6.07, 6.45) is 0. The predicted molar refractivity (Wildman–Crippen MR) is 56.4 cm³/mol. The summed E-state index contributed by atoms with van der Waals surface area (Å²) in [5, 5.41) is 3.26. The average Bonchev–Trinajstić information content (AvgIpc) is 2.12. The van der Waals surface area contributed by atoms with Gasteiger partial charge < -0.3 is 10.1 Å². The summed E-state index contributed by atoms with van der Waals surface area (Å²) in [6.45, 7) is 2.57. The molecule has 0 aromatic heterocycles. The van der Waals surface area contributed by atoms with E-state index in [-0.39, 0.29) is 11.1 Å². The zero-order chi connectivity index (χ0) is 10.6. The minimum absolute atomic E-state index is 0.125. The normalized spacial score (nSPS) is 12.6. The summed E-state index contributed by atoms with van der Waals surface area (Å²) in [5.74, 6) is -0.406. The molecule has 78 valence electrons. The van der Waals surface area contributed by atoms with Crippen molar-refractivity contribution in [2.45, 2.75) is 13.0 Å². The molecular formula is C10H13ClFNO. The van der Waals surface area contributed by atoms with Crippen LogP contribution in [0.25, 0.3) is 0 Å². The summed E-state index contributed by atoms with van der Waals surface area (Å²) >= 11 is 5.63. The third-order valence-corrected chi connectivity index (χ3v) is 2.04. The van der Waals surface area contributed by atoms with Crippen molar-refractivity contribution >= 4 is 17.3 Å². The highest BCUT2D eigenvalue weighted by atomic mass is 35.5. The molecule has 1 N–H and O–H groups in total. The van der Waals surface area contributed by atoms with Crippen LogP contribution in [0.1, 0.15) is 6.92 Å². The lowest BCUT2D eigenvalue weighted by Crippen LogP contribution is -2.20. The molecule has 0 saturated heterocycles. The number of nitrogens with one attached hydrogen (secondary N) is 1. The Morgan fingerprint density at radius 3 is 2.86 bits per heavy atom. The Morgan fingerprint density at radius 2 is 2.29 bits per heavy atom. The third-order valence-electron chi connectivity index (χ3n) is 1.75. The summed E-state index contributed by atoms with van der Waals surface area (Å²) in [5.41, 5.74) is 0.793. The molecular weight excluding hydrogens is 205 g/mol. The highest BCUT2D eigenvalue weighted by molar-refractivity contribution is 6.31.